The summed E-state index contributed by atoms with van der Waals surface area (Å²) in [5.41, 5.74) is 0. The van der Waals surface area contributed by atoms with E-state index in [2.05, 4.69) is 45.1 Å². The molecule has 0 aromatic carbocycles. The van der Waals surface area contributed by atoms with E-state index in [9.17, 15) is 14.4 Å². The average molecular weight is 1100 g/mol. The molecular formula is C72H136O6. The third kappa shape index (κ3) is 64.7. The zero-order valence-corrected chi connectivity index (χ0v) is 53.0. The highest BCUT2D eigenvalue weighted by Crippen LogP contribution is 2.18. The maximum absolute atomic E-state index is 13.0. The summed E-state index contributed by atoms with van der Waals surface area (Å²) in [6.45, 7) is 6.72. The molecule has 0 aromatic heterocycles. The van der Waals surface area contributed by atoms with E-state index >= 15 is 0 Å². The van der Waals surface area contributed by atoms with Gasteiger partial charge in [0, 0.05) is 19.3 Å². The lowest BCUT2D eigenvalue weighted by Crippen LogP contribution is -2.30. The maximum atomic E-state index is 13.0. The first-order chi connectivity index (χ1) is 38.5. The predicted molar refractivity (Wildman–Crippen MR) is 340 cm³/mol. The normalized spacial score (nSPS) is 12.1. The van der Waals surface area contributed by atoms with Gasteiger partial charge in [0.2, 0.25) is 0 Å². The molecule has 0 fully saturated rings. The number of hydrogen-bond donors (Lipinski definition) is 0. The minimum Gasteiger partial charge on any atom is -0.462 e. The van der Waals surface area contributed by atoms with Gasteiger partial charge in [-0.1, -0.05) is 334 Å². The zero-order chi connectivity index (χ0) is 56.4. The second kappa shape index (κ2) is 67.4. The molecule has 0 amide bonds. The molecule has 1 unspecified atom stereocenters. The van der Waals surface area contributed by atoms with Crippen LogP contribution in [-0.4, -0.2) is 37.2 Å². The Morgan fingerprint density at radius 3 is 0.641 bits per heavy atom. The fourth-order valence-electron chi connectivity index (χ4n) is 10.8. The Morgan fingerprint density at radius 2 is 0.423 bits per heavy atom. The number of unbranched alkanes of at least 4 members (excludes halogenated alkanes) is 51. The summed E-state index contributed by atoms with van der Waals surface area (Å²) >= 11 is 0. The zero-order valence-electron chi connectivity index (χ0n) is 53.0. The van der Waals surface area contributed by atoms with Crippen molar-refractivity contribution in [2.24, 2.45) is 0 Å². The van der Waals surface area contributed by atoms with Crippen LogP contribution in [0.1, 0.15) is 400 Å². The smallest absolute Gasteiger partial charge is 0.306 e. The summed E-state index contributed by atoms with van der Waals surface area (Å²) in [4.78, 5) is 38.5. The standard InChI is InChI=1S/C72H136O6/c1-4-7-10-13-16-19-22-25-28-31-33-35-36-38-39-41-44-47-50-53-56-59-62-65-71(74)77-68-69(67-76-70(73)64-61-58-55-52-49-46-43-30-27-24-21-18-15-12-9-6-3)78-72(75)66-63-60-57-54-51-48-45-42-40-37-34-32-29-26-23-20-17-14-11-8-5-2/h31-34,69H,4-30,35-68H2,1-3H3/b33-31-,34-32-. The highest BCUT2D eigenvalue weighted by atomic mass is 16.6. The molecule has 0 N–H and O–H groups in total. The van der Waals surface area contributed by atoms with Gasteiger partial charge in [0.1, 0.15) is 13.2 Å². The van der Waals surface area contributed by atoms with E-state index in [0.29, 0.717) is 19.3 Å². The van der Waals surface area contributed by atoms with Gasteiger partial charge < -0.3 is 14.2 Å². The predicted octanol–water partition coefficient (Wildman–Crippen LogP) is 24.2. The van der Waals surface area contributed by atoms with Crippen molar-refractivity contribution < 1.29 is 28.6 Å². The van der Waals surface area contributed by atoms with Crippen LogP contribution < -0.4 is 0 Å². The Labute approximate surface area is 487 Å². The van der Waals surface area contributed by atoms with Gasteiger partial charge in [-0.05, 0) is 70.6 Å². The van der Waals surface area contributed by atoms with E-state index < -0.39 is 6.10 Å². The van der Waals surface area contributed by atoms with Crippen molar-refractivity contribution in [3.63, 3.8) is 0 Å². The molecule has 0 aliphatic heterocycles. The molecule has 460 valence electrons. The third-order valence-electron chi connectivity index (χ3n) is 16.2. The van der Waals surface area contributed by atoms with Gasteiger partial charge in [0.05, 0.1) is 0 Å². The Balaban J connectivity index is 4.29. The molecule has 0 saturated carbocycles. The Morgan fingerprint density at radius 1 is 0.244 bits per heavy atom. The first-order valence-corrected chi connectivity index (χ1v) is 35.3. The van der Waals surface area contributed by atoms with E-state index in [1.165, 1.54) is 302 Å². The molecule has 0 radical (unpaired) electrons. The second-order valence-corrected chi connectivity index (χ2v) is 24.1. The van der Waals surface area contributed by atoms with Crippen molar-refractivity contribution in [1.29, 1.82) is 0 Å². The molecule has 0 saturated heterocycles. The van der Waals surface area contributed by atoms with E-state index in [0.717, 1.165) is 57.8 Å². The number of allylic oxidation sites excluding steroid dienone is 4. The highest BCUT2D eigenvalue weighted by Gasteiger charge is 2.19. The molecule has 6 heteroatoms. The van der Waals surface area contributed by atoms with Crippen LogP contribution in [-0.2, 0) is 28.6 Å². The first kappa shape index (κ1) is 75.9. The van der Waals surface area contributed by atoms with Gasteiger partial charge in [0.15, 0.2) is 6.10 Å². The lowest BCUT2D eigenvalue weighted by Gasteiger charge is -2.18. The lowest BCUT2D eigenvalue weighted by atomic mass is 10.0. The molecule has 0 heterocycles. The Kier molecular flexibility index (Phi) is 65.6. The van der Waals surface area contributed by atoms with Gasteiger partial charge in [0.25, 0.3) is 0 Å². The number of esters is 3. The largest absolute Gasteiger partial charge is 0.462 e. The van der Waals surface area contributed by atoms with Crippen LogP contribution in [0.5, 0.6) is 0 Å². The highest BCUT2D eigenvalue weighted by molar-refractivity contribution is 5.71. The van der Waals surface area contributed by atoms with Crippen LogP contribution in [0, 0.1) is 0 Å². The van der Waals surface area contributed by atoms with Crippen molar-refractivity contribution in [1.82, 2.24) is 0 Å². The van der Waals surface area contributed by atoms with Crippen LogP contribution in [0.3, 0.4) is 0 Å². The summed E-state index contributed by atoms with van der Waals surface area (Å²) < 4.78 is 17.0. The van der Waals surface area contributed by atoms with Gasteiger partial charge in [-0.15, -0.1) is 0 Å². The average Bonchev–Trinajstić information content (AvgIpc) is 3.44. The Hall–Kier alpha value is -2.11. The van der Waals surface area contributed by atoms with E-state index in [4.69, 9.17) is 14.2 Å². The van der Waals surface area contributed by atoms with Gasteiger partial charge in [-0.25, -0.2) is 0 Å². The monoisotopic (exact) mass is 1100 g/mol. The molecule has 0 aliphatic carbocycles. The van der Waals surface area contributed by atoms with E-state index in [-0.39, 0.29) is 31.1 Å². The lowest BCUT2D eigenvalue weighted by molar-refractivity contribution is -0.167. The number of carbonyl (C=O) groups is 3. The van der Waals surface area contributed by atoms with E-state index in [1.54, 1.807) is 0 Å². The summed E-state index contributed by atoms with van der Waals surface area (Å²) in [7, 11) is 0. The Bertz CT molecular complexity index is 1260. The van der Waals surface area contributed by atoms with E-state index in [1.807, 2.05) is 0 Å². The van der Waals surface area contributed by atoms with Crippen LogP contribution in [0.2, 0.25) is 0 Å². The maximum Gasteiger partial charge on any atom is 0.306 e. The number of rotatable bonds is 66. The van der Waals surface area contributed by atoms with Gasteiger partial charge >= 0.3 is 17.9 Å². The molecule has 0 spiro atoms. The van der Waals surface area contributed by atoms with Crippen molar-refractivity contribution in [2.75, 3.05) is 13.2 Å². The minimum atomic E-state index is -0.771. The summed E-state index contributed by atoms with van der Waals surface area (Å²) in [6, 6.07) is 0. The third-order valence-corrected chi connectivity index (χ3v) is 16.2. The number of hydrogen-bond acceptors (Lipinski definition) is 6. The number of ether oxygens (including phenoxy) is 3. The molecule has 0 bridgehead atoms. The van der Waals surface area contributed by atoms with Crippen LogP contribution in [0.4, 0.5) is 0 Å². The quantitative estimate of drug-likeness (QED) is 0.0261. The van der Waals surface area contributed by atoms with Crippen molar-refractivity contribution in [2.45, 2.75) is 406 Å². The van der Waals surface area contributed by atoms with Crippen LogP contribution in [0.25, 0.3) is 0 Å². The fourth-order valence-corrected chi connectivity index (χ4v) is 10.8. The molecular weight excluding hydrogens is 961 g/mol. The molecule has 78 heavy (non-hydrogen) atoms. The molecule has 0 aromatic rings. The van der Waals surface area contributed by atoms with Crippen molar-refractivity contribution in [3.05, 3.63) is 24.3 Å². The molecule has 1 atom stereocenters. The minimum absolute atomic E-state index is 0.0664. The van der Waals surface area contributed by atoms with Gasteiger partial charge in [-0.3, -0.25) is 14.4 Å². The van der Waals surface area contributed by atoms with Crippen LogP contribution >= 0.6 is 0 Å². The number of carbonyl (C=O) groups excluding carboxylic acids is 3. The summed E-state index contributed by atoms with van der Waals surface area (Å²) in [6.07, 6.45) is 82.0. The van der Waals surface area contributed by atoms with Crippen molar-refractivity contribution in [3.8, 4) is 0 Å². The fraction of sp³-hybridized carbons (Fsp3) is 0.903. The summed E-state index contributed by atoms with van der Waals surface area (Å²) in [5, 5.41) is 0. The topological polar surface area (TPSA) is 78.9 Å². The van der Waals surface area contributed by atoms with Crippen molar-refractivity contribution >= 4 is 17.9 Å². The van der Waals surface area contributed by atoms with Gasteiger partial charge in [-0.2, -0.15) is 0 Å². The second-order valence-electron chi connectivity index (χ2n) is 24.1. The molecule has 0 aliphatic rings. The molecule has 0 rings (SSSR count). The first-order valence-electron chi connectivity index (χ1n) is 35.3. The van der Waals surface area contributed by atoms with Crippen LogP contribution in [0.15, 0.2) is 24.3 Å². The molecule has 6 nitrogen and oxygen atoms in total. The SMILES string of the molecule is CCCCCCCCCC/C=C\CCCCCCCCCCCCCC(=O)OCC(COC(=O)CCCCCCCCCCCCCCCCCC)OC(=O)CCCCCCCCCCC/C=C\CCCCCCCCCC. The summed E-state index contributed by atoms with van der Waals surface area (Å²) in [5.74, 6) is -0.837.